The average Bonchev–Trinajstić information content (AvgIpc) is 3.04. The highest BCUT2D eigenvalue weighted by Gasteiger charge is 2.20. The van der Waals surface area contributed by atoms with E-state index in [0.717, 1.165) is 22.5 Å². The summed E-state index contributed by atoms with van der Waals surface area (Å²) in [6.07, 6.45) is 1.08. The van der Waals surface area contributed by atoms with Gasteiger partial charge in [-0.15, -0.1) is 0 Å². The molecule has 1 aromatic heterocycles. The molecule has 0 aliphatic heterocycles. The fraction of sp³-hybridized carbons (Fsp3) is 0.292. The molecule has 0 unspecified atom stereocenters. The first-order valence-electron chi connectivity index (χ1n) is 10.3. The van der Waals surface area contributed by atoms with Crippen LogP contribution in [0.4, 0.5) is 5.82 Å². The summed E-state index contributed by atoms with van der Waals surface area (Å²) in [5, 5.41) is 10.6. The van der Waals surface area contributed by atoms with Gasteiger partial charge in [0.05, 0.1) is 11.4 Å². The predicted molar refractivity (Wildman–Crippen MR) is 119 cm³/mol. The first-order valence-corrected chi connectivity index (χ1v) is 10.3. The molecule has 0 fully saturated rings. The molecule has 0 saturated carbocycles. The maximum Gasteiger partial charge on any atom is 0.225 e. The predicted octanol–water partition coefficient (Wildman–Crippen LogP) is 4.48. The Balaban J connectivity index is 1.83. The summed E-state index contributed by atoms with van der Waals surface area (Å²) < 4.78 is 1.76. The van der Waals surface area contributed by atoms with E-state index in [2.05, 4.69) is 15.7 Å². The van der Waals surface area contributed by atoms with Gasteiger partial charge < -0.3 is 10.6 Å². The molecule has 6 nitrogen and oxygen atoms in total. The molecule has 0 radical (unpaired) electrons. The number of nitrogens with zero attached hydrogens (tertiary/aromatic N) is 2. The zero-order valence-electron chi connectivity index (χ0n) is 17.7. The normalized spacial score (nSPS) is 10.8. The number of rotatable bonds is 8. The zero-order chi connectivity index (χ0) is 21.5. The van der Waals surface area contributed by atoms with Crippen molar-refractivity contribution in [2.24, 2.45) is 0 Å². The fourth-order valence-electron chi connectivity index (χ4n) is 3.35. The zero-order valence-corrected chi connectivity index (χ0v) is 17.7. The lowest BCUT2D eigenvalue weighted by atomic mass is 10.1. The summed E-state index contributed by atoms with van der Waals surface area (Å²) in [5.41, 5.74) is 3.58. The topological polar surface area (TPSA) is 76.0 Å². The summed E-state index contributed by atoms with van der Waals surface area (Å²) in [4.78, 5) is 24.5. The third-order valence-electron chi connectivity index (χ3n) is 4.64. The molecule has 0 spiro atoms. The van der Waals surface area contributed by atoms with Crippen molar-refractivity contribution in [3.05, 3.63) is 66.4 Å². The minimum Gasteiger partial charge on any atom is -0.354 e. The number of para-hydroxylation sites is 1. The van der Waals surface area contributed by atoms with E-state index in [4.69, 9.17) is 0 Å². The second-order valence-corrected chi connectivity index (χ2v) is 7.55. The van der Waals surface area contributed by atoms with Gasteiger partial charge in [-0.05, 0) is 44.9 Å². The van der Waals surface area contributed by atoms with Crippen LogP contribution >= 0.6 is 0 Å². The highest BCUT2D eigenvalue weighted by Crippen LogP contribution is 2.33. The molecule has 0 bridgehead atoms. The van der Waals surface area contributed by atoms with Crippen LogP contribution in [0.1, 0.15) is 38.8 Å². The Bertz CT molecular complexity index is 995. The van der Waals surface area contributed by atoms with Crippen LogP contribution < -0.4 is 10.6 Å². The van der Waals surface area contributed by atoms with Crippen LogP contribution in [0.3, 0.4) is 0 Å². The standard InChI is InChI=1S/C24H28N4O2/c1-17(2)25-21(29)15-10-16-22(30)26-24-23(19-11-6-4-7-12-19)18(3)27-28(24)20-13-8-5-9-14-20/h4-9,11-14,17H,10,15-16H2,1-3H3,(H,25,29)(H,26,30). The molecule has 3 aromatic rings. The molecule has 2 amide bonds. The number of anilines is 1. The van der Waals surface area contributed by atoms with E-state index in [-0.39, 0.29) is 24.3 Å². The van der Waals surface area contributed by atoms with E-state index in [1.807, 2.05) is 81.4 Å². The van der Waals surface area contributed by atoms with E-state index in [0.29, 0.717) is 18.7 Å². The van der Waals surface area contributed by atoms with Crippen LogP contribution in [0.25, 0.3) is 16.8 Å². The quantitative estimate of drug-likeness (QED) is 0.581. The van der Waals surface area contributed by atoms with Crippen molar-refractivity contribution in [1.29, 1.82) is 0 Å². The SMILES string of the molecule is Cc1nn(-c2ccccc2)c(NC(=O)CCCC(=O)NC(C)C)c1-c1ccccc1. The number of aromatic nitrogens is 2. The van der Waals surface area contributed by atoms with Gasteiger partial charge in [0, 0.05) is 24.4 Å². The first-order chi connectivity index (χ1) is 14.5. The Morgan fingerprint density at radius 3 is 2.17 bits per heavy atom. The lowest BCUT2D eigenvalue weighted by Crippen LogP contribution is -2.30. The third-order valence-corrected chi connectivity index (χ3v) is 4.64. The van der Waals surface area contributed by atoms with Gasteiger partial charge in [0.2, 0.25) is 11.8 Å². The Hall–Kier alpha value is -3.41. The van der Waals surface area contributed by atoms with Crippen molar-refractivity contribution in [3.8, 4) is 16.8 Å². The molecule has 0 aliphatic rings. The summed E-state index contributed by atoms with van der Waals surface area (Å²) in [5.74, 6) is 0.469. The van der Waals surface area contributed by atoms with Crippen LogP contribution in [0, 0.1) is 6.92 Å². The second kappa shape index (κ2) is 9.87. The highest BCUT2D eigenvalue weighted by molar-refractivity contribution is 5.95. The number of carbonyl (C=O) groups is 2. The van der Waals surface area contributed by atoms with E-state index >= 15 is 0 Å². The molecule has 1 heterocycles. The van der Waals surface area contributed by atoms with Crippen molar-refractivity contribution in [2.75, 3.05) is 5.32 Å². The van der Waals surface area contributed by atoms with Gasteiger partial charge in [0.25, 0.3) is 0 Å². The molecule has 2 N–H and O–H groups in total. The summed E-state index contributed by atoms with van der Waals surface area (Å²) in [6.45, 7) is 5.78. The van der Waals surface area contributed by atoms with Crippen LogP contribution in [0.2, 0.25) is 0 Å². The molecule has 0 atom stereocenters. The second-order valence-electron chi connectivity index (χ2n) is 7.55. The minimum absolute atomic E-state index is 0.0343. The van der Waals surface area contributed by atoms with Gasteiger partial charge in [-0.3, -0.25) is 9.59 Å². The number of benzene rings is 2. The van der Waals surface area contributed by atoms with Crippen molar-refractivity contribution in [3.63, 3.8) is 0 Å². The Labute approximate surface area is 177 Å². The number of hydrogen-bond acceptors (Lipinski definition) is 3. The minimum atomic E-state index is -0.137. The van der Waals surface area contributed by atoms with Crippen LogP contribution in [0.5, 0.6) is 0 Å². The van der Waals surface area contributed by atoms with Crippen LogP contribution in [0.15, 0.2) is 60.7 Å². The molecular weight excluding hydrogens is 376 g/mol. The Morgan fingerprint density at radius 2 is 1.53 bits per heavy atom. The van der Waals surface area contributed by atoms with E-state index in [1.165, 1.54) is 0 Å². The number of hydrogen-bond donors (Lipinski definition) is 2. The van der Waals surface area contributed by atoms with Crippen molar-refractivity contribution < 1.29 is 9.59 Å². The molecule has 6 heteroatoms. The highest BCUT2D eigenvalue weighted by atomic mass is 16.2. The molecule has 30 heavy (non-hydrogen) atoms. The van der Waals surface area contributed by atoms with Gasteiger partial charge in [0.1, 0.15) is 5.82 Å². The van der Waals surface area contributed by atoms with Gasteiger partial charge in [-0.25, -0.2) is 4.68 Å². The summed E-state index contributed by atoms with van der Waals surface area (Å²) >= 11 is 0. The maximum atomic E-state index is 12.7. The Kier molecular flexibility index (Phi) is 7.01. The van der Waals surface area contributed by atoms with Crippen molar-refractivity contribution in [2.45, 2.75) is 46.1 Å². The monoisotopic (exact) mass is 404 g/mol. The number of aryl methyl sites for hydroxylation is 1. The largest absolute Gasteiger partial charge is 0.354 e. The lowest BCUT2D eigenvalue weighted by molar-refractivity contribution is -0.121. The first kappa shape index (κ1) is 21.3. The van der Waals surface area contributed by atoms with Gasteiger partial charge in [-0.1, -0.05) is 48.5 Å². The lowest BCUT2D eigenvalue weighted by Gasteiger charge is -2.12. The summed E-state index contributed by atoms with van der Waals surface area (Å²) in [6, 6.07) is 19.7. The molecule has 0 saturated heterocycles. The van der Waals surface area contributed by atoms with E-state index in [9.17, 15) is 9.59 Å². The number of nitrogens with one attached hydrogen (secondary N) is 2. The van der Waals surface area contributed by atoms with Crippen LogP contribution in [-0.2, 0) is 9.59 Å². The maximum absolute atomic E-state index is 12.7. The molecule has 156 valence electrons. The fourth-order valence-corrected chi connectivity index (χ4v) is 3.35. The molecule has 3 rings (SSSR count). The Morgan fingerprint density at radius 1 is 0.933 bits per heavy atom. The molecule has 2 aromatic carbocycles. The van der Waals surface area contributed by atoms with E-state index in [1.54, 1.807) is 4.68 Å². The smallest absolute Gasteiger partial charge is 0.225 e. The van der Waals surface area contributed by atoms with Crippen molar-refractivity contribution in [1.82, 2.24) is 15.1 Å². The molecular formula is C24H28N4O2. The van der Waals surface area contributed by atoms with E-state index < -0.39 is 0 Å². The van der Waals surface area contributed by atoms with Crippen molar-refractivity contribution >= 4 is 17.6 Å². The van der Waals surface area contributed by atoms with Gasteiger partial charge in [-0.2, -0.15) is 5.10 Å². The number of amides is 2. The van der Waals surface area contributed by atoms with Gasteiger partial charge >= 0.3 is 0 Å². The third kappa shape index (κ3) is 5.35. The van der Waals surface area contributed by atoms with Gasteiger partial charge in [0.15, 0.2) is 0 Å². The molecule has 0 aliphatic carbocycles. The average molecular weight is 405 g/mol. The number of carbonyl (C=O) groups excluding carboxylic acids is 2. The van der Waals surface area contributed by atoms with Crippen LogP contribution in [-0.4, -0.2) is 27.6 Å². The summed E-state index contributed by atoms with van der Waals surface area (Å²) in [7, 11) is 0.